The molecule has 0 spiro atoms. The van der Waals surface area contributed by atoms with E-state index in [0.29, 0.717) is 37.6 Å². The van der Waals surface area contributed by atoms with Crippen LogP contribution >= 0.6 is 0 Å². The van der Waals surface area contributed by atoms with E-state index < -0.39 is 5.91 Å². The predicted molar refractivity (Wildman–Crippen MR) is 127 cm³/mol. The fourth-order valence-corrected chi connectivity index (χ4v) is 3.97. The quantitative estimate of drug-likeness (QED) is 0.439. The molecular weight excluding hydrogens is 451 g/mol. The summed E-state index contributed by atoms with van der Waals surface area (Å²) in [4.78, 5) is 32.9. The summed E-state index contributed by atoms with van der Waals surface area (Å²) in [7, 11) is 0. The second-order valence-corrected chi connectivity index (χ2v) is 8.33. The first-order valence-electron chi connectivity index (χ1n) is 11.2. The molecule has 1 aliphatic heterocycles. The van der Waals surface area contributed by atoms with Gasteiger partial charge in [-0.1, -0.05) is 47.1 Å². The lowest BCUT2D eigenvalue weighted by atomic mass is 10.1. The number of hydrogen-bond acceptors (Lipinski definition) is 7. The van der Waals surface area contributed by atoms with E-state index in [1.807, 2.05) is 36.1 Å². The summed E-state index contributed by atoms with van der Waals surface area (Å²) in [5.41, 5.74) is 2.84. The molecule has 0 unspecified atom stereocenters. The molecule has 35 heavy (non-hydrogen) atoms. The monoisotopic (exact) mass is 474 g/mol. The van der Waals surface area contributed by atoms with Crippen molar-refractivity contribution in [3.05, 3.63) is 94.1 Å². The van der Waals surface area contributed by atoms with Crippen LogP contribution in [-0.4, -0.2) is 56.9 Å². The maximum absolute atomic E-state index is 14.1. The number of para-hydroxylation sites is 1. The van der Waals surface area contributed by atoms with Crippen LogP contribution in [0.4, 0.5) is 10.1 Å². The van der Waals surface area contributed by atoms with Crippen molar-refractivity contribution in [1.29, 1.82) is 0 Å². The number of aromatic nitrogens is 4. The Balaban J connectivity index is 1.25. The zero-order chi connectivity index (χ0) is 24.4. The number of piperazine rings is 1. The summed E-state index contributed by atoms with van der Waals surface area (Å²) >= 11 is 0. The van der Waals surface area contributed by atoms with Crippen LogP contribution < -0.4 is 10.5 Å². The number of carbonyl (C=O) groups is 1. The fraction of sp³-hybridized carbons (Fsp3) is 0.240. The number of amides is 1. The minimum atomic E-state index is -0.398. The van der Waals surface area contributed by atoms with Crippen LogP contribution in [0.5, 0.6) is 0 Å². The minimum Gasteiger partial charge on any atom is -0.366 e. The lowest BCUT2D eigenvalue weighted by molar-refractivity contribution is 0.0696. The van der Waals surface area contributed by atoms with Crippen molar-refractivity contribution < 1.29 is 13.7 Å². The fourth-order valence-electron chi connectivity index (χ4n) is 3.97. The average Bonchev–Trinajstić information content (AvgIpc) is 3.34. The van der Waals surface area contributed by atoms with Crippen LogP contribution in [-0.2, 0) is 6.54 Å². The highest BCUT2D eigenvalue weighted by molar-refractivity contribution is 5.89. The molecule has 0 N–H and O–H groups in total. The molecule has 1 amide bonds. The third-order valence-corrected chi connectivity index (χ3v) is 5.92. The van der Waals surface area contributed by atoms with Gasteiger partial charge in [0.2, 0.25) is 0 Å². The summed E-state index contributed by atoms with van der Waals surface area (Å²) in [5.74, 6) is -0.661. The molecule has 0 bridgehead atoms. The minimum absolute atomic E-state index is 0.0314. The van der Waals surface area contributed by atoms with Gasteiger partial charge in [0, 0.05) is 37.8 Å². The van der Waals surface area contributed by atoms with Crippen LogP contribution in [0.2, 0.25) is 0 Å². The summed E-state index contributed by atoms with van der Waals surface area (Å²) < 4.78 is 20.5. The van der Waals surface area contributed by atoms with Gasteiger partial charge in [-0.25, -0.2) is 9.07 Å². The van der Waals surface area contributed by atoms with Crippen molar-refractivity contribution in [1.82, 2.24) is 24.8 Å². The van der Waals surface area contributed by atoms with Crippen molar-refractivity contribution >= 4 is 11.6 Å². The molecule has 10 heteroatoms. The first kappa shape index (κ1) is 22.5. The molecule has 0 aliphatic carbocycles. The zero-order valence-electron chi connectivity index (χ0n) is 19.1. The van der Waals surface area contributed by atoms with Crippen LogP contribution in [0.15, 0.2) is 70.0 Å². The predicted octanol–water partition coefficient (Wildman–Crippen LogP) is 2.75. The van der Waals surface area contributed by atoms with Crippen molar-refractivity contribution in [2.75, 3.05) is 31.1 Å². The first-order chi connectivity index (χ1) is 17.0. The van der Waals surface area contributed by atoms with Crippen LogP contribution in [0.1, 0.15) is 22.1 Å². The Morgan fingerprint density at radius 2 is 1.74 bits per heavy atom. The molecule has 178 valence electrons. The van der Waals surface area contributed by atoms with Gasteiger partial charge < -0.3 is 14.3 Å². The van der Waals surface area contributed by atoms with Gasteiger partial charge in [-0.05, 0) is 25.1 Å². The molecule has 1 fully saturated rings. The van der Waals surface area contributed by atoms with E-state index >= 15 is 0 Å². The standard InChI is InChI=1S/C25H23FN6O3/c1-17-6-8-18(9-7-17)20-10-11-23(33)32(28-20)16-22-27-24(35-29-22)25(34)31-14-12-30(13-15-31)21-5-3-2-4-19(21)26/h2-11H,12-16H2,1H3. The summed E-state index contributed by atoms with van der Waals surface area (Å²) in [6, 6.07) is 17.5. The third-order valence-electron chi connectivity index (χ3n) is 5.92. The van der Waals surface area contributed by atoms with Crippen molar-refractivity contribution in [2.45, 2.75) is 13.5 Å². The number of benzene rings is 2. The molecular formula is C25H23FN6O3. The molecule has 0 saturated carbocycles. The summed E-state index contributed by atoms with van der Waals surface area (Å²) in [5, 5.41) is 8.27. The Hall–Kier alpha value is -4.34. The van der Waals surface area contributed by atoms with E-state index in [-0.39, 0.29) is 29.6 Å². The molecule has 1 saturated heterocycles. The lowest BCUT2D eigenvalue weighted by Gasteiger charge is -2.35. The summed E-state index contributed by atoms with van der Waals surface area (Å²) in [6.07, 6.45) is 0. The SMILES string of the molecule is Cc1ccc(-c2ccc(=O)n(Cc3noc(C(=O)N4CCN(c5ccccc5F)CC4)n3)n2)cc1. The Kier molecular flexibility index (Phi) is 6.09. The van der Waals surface area contributed by atoms with Gasteiger partial charge in [-0.15, -0.1) is 0 Å². The molecule has 5 rings (SSSR count). The van der Waals surface area contributed by atoms with Crippen LogP contribution in [0.25, 0.3) is 11.3 Å². The normalized spacial score (nSPS) is 13.8. The lowest BCUT2D eigenvalue weighted by Crippen LogP contribution is -2.49. The maximum atomic E-state index is 14.1. The highest BCUT2D eigenvalue weighted by Gasteiger charge is 2.27. The van der Waals surface area contributed by atoms with E-state index in [1.165, 1.54) is 16.8 Å². The largest absolute Gasteiger partial charge is 0.366 e. The molecule has 9 nitrogen and oxygen atoms in total. The zero-order valence-corrected chi connectivity index (χ0v) is 19.1. The van der Waals surface area contributed by atoms with Crippen molar-refractivity contribution in [3.63, 3.8) is 0 Å². The van der Waals surface area contributed by atoms with Gasteiger partial charge in [-0.2, -0.15) is 10.1 Å². The Morgan fingerprint density at radius 3 is 2.49 bits per heavy atom. The number of hydrogen-bond donors (Lipinski definition) is 0. The van der Waals surface area contributed by atoms with E-state index in [4.69, 9.17) is 4.52 Å². The van der Waals surface area contributed by atoms with E-state index in [1.54, 1.807) is 29.2 Å². The number of halogens is 1. The average molecular weight is 474 g/mol. The second-order valence-electron chi connectivity index (χ2n) is 8.33. The summed E-state index contributed by atoms with van der Waals surface area (Å²) in [6.45, 7) is 3.72. The van der Waals surface area contributed by atoms with Gasteiger partial charge in [0.05, 0.1) is 11.4 Å². The molecule has 2 aromatic heterocycles. The molecule has 1 aliphatic rings. The van der Waals surface area contributed by atoms with Gasteiger partial charge in [-0.3, -0.25) is 9.59 Å². The van der Waals surface area contributed by atoms with E-state index in [0.717, 1.165) is 11.1 Å². The van der Waals surface area contributed by atoms with Gasteiger partial charge in [0.15, 0.2) is 5.82 Å². The number of anilines is 1. The van der Waals surface area contributed by atoms with Crippen LogP contribution in [0.3, 0.4) is 0 Å². The Bertz CT molecular complexity index is 1410. The number of nitrogens with zero attached hydrogens (tertiary/aromatic N) is 6. The highest BCUT2D eigenvalue weighted by Crippen LogP contribution is 2.21. The molecule has 3 heterocycles. The molecule has 4 aromatic rings. The number of aryl methyl sites for hydroxylation is 1. The van der Waals surface area contributed by atoms with Crippen LogP contribution in [0, 0.1) is 12.7 Å². The van der Waals surface area contributed by atoms with E-state index in [2.05, 4.69) is 15.2 Å². The second kappa shape index (κ2) is 9.49. The van der Waals surface area contributed by atoms with E-state index in [9.17, 15) is 14.0 Å². The number of carbonyl (C=O) groups excluding carboxylic acids is 1. The molecule has 0 atom stereocenters. The third kappa shape index (κ3) is 4.81. The maximum Gasteiger partial charge on any atom is 0.316 e. The smallest absolute Gasteiger partial charge is 0.316 e. The first-order valence-corrected chi connectivity index (χ1v) is 11.2. The van der Waals surface area contributed by atoms with Gasteiger partial charge >= 0.3 is 11.8 Å². The van der Waals surface area contributed by atoms with Crippen molar-refractivity contribution in [3.8, 4) is 11.3 Å². The number of rotatable bonds is 5. The van der Waals surface area contributed by atoms with Gasteiger partial charge in [0.1, 0.15) is 12.4 Å². The Morgan fingerprint density at radius 1 is 1.00 bits per heavy atom. The van der Waals surface area contributed by atoms with Gasteiger partial charge in [0.25, 0.3) is 5.56 Å². The topological polar surface area (TPSA) is 97.4 Å². The molecule has 2 aromatic carbocycles. The highest BCUT2D eigenvalue weighted by atomic mass is 19.1. The van der Waals surface area contributed by atoms with Crippen molar-refractivity contribution in [2.24, 2.45) is 0 Å². The Labute approximate surface area is 200 Å². The molecule has 0 radical (unpaired) electrons.